The van der Waals surface area contributed by atoms with E-state index in [2.05, 4.69) is 15.6 Å². The van der Waals surface area contributed by atoms with Crippen molar-refractivity contribution in [3.05, 3.63) is 11.9 Å². The molecule has 0 bridgehead atoms. The molecule has 0 unspecified atom stereocenters. The average molecular weight is 166 g/mol. The second-order valence-corrected chi connectivity index (χ2v) is 3.33. The van der Waals surface area contributed by atoms with Gasteiger partial charge in [0.05, 0.1) is 11.9 Å². The normalized spacial score (nSPS) is 16.8. The molecule has 0 radical (unpaired) electrons. The Morgan fingerprint density at radius 2 is 2.50 bits per heavy atom. The van der Waals surface area contributed by atoms with Gasteiger partial charge in [0.25, 0.3) is 0 Å². The molecule has 1 saturated carbocycles. The van der Waals surface area contributed by atoms with E-state index in [-0.39, 0.29) is 0 Å². The van der Waals surface area contributed by atoms with Gasteiger partial charge in [-0.15, -0.1) is 5.10 Å². The van der Waals surface area contributed by atoms with Gasteiger partial charge in [-0.3, -0.25) is 4.68 Å². The lowest BCUT2D eigenvalue weighted by atomic mass is 10.3. The zero-order valence-electron chi connectivity index (χ0n) is 7.32. The fourth-order valence-corrected chi connectivity index (χ4v) is 1.23. The van der Waals surface area contributed by atoms with Gasteiger partial charge in [-0.25, -0.2) is 0 Å². The van der Waals surface area contributed by atoms with E-state index in [9.17, 15) is 0 Å². The van der Waals surface area contributed by atoms with Crippen LogP contribution in [0.4, 0.5) is 0 Å². The molecule has 0 aliphatic heterocycles. The minimum atomic E-state index is 0.797. The van der Waals surface area contributed by atoms with Crippen molar-refractivity contribution in [3.63, 3.8) is 0 Å². The van der Waals surface area contributed by atoms with Gasteiger partial charge >= 0.3 is 0 Å². The van der Waals surface area contributed by atoms with Gasteiger partial charge in [0, 0.05) is 26.1 Å². The summed E-state index contributed by atoms with van der Waals surface area (Å²) < 4.78 is 1.83. The van der Waals surface area contributed by atoms with Crippen LogP contribution in [0.15, 0.2) is 6.20 Å². The lowest BCUT2D eigenvalue weighted by Gasteiger charge is -2.01. The standard InChI is InChI=1S/C8H14N4/c1-12-8(6-10-11-12)4-5-9-7-2-3-7/h6-7,9H,2-5H2,1H3. The zero-order chi connectivity index (χ0) is 8.39. The summed E-state index contributed by atoms with van der Waals surface area (Å²) in [6.45, 7) is 1.05. The first-order chi connectivity index (χ1) is 5.86. The van der Waals surface area contributed by atoms with Crippen LogP contribution in [0.3, 0.4) is 0 Å². The summed E-state index contributed by atoms with van der Waals surface area (Å²) >= 11 is 0. The van der Waals surface area contributed by atoms with Gasteiger partial charge in [0.2, 0.25) is 0 Å². The highest BCUT2D eigenvalue weighted by Gasteiger charge is 2.19. The van der Waals surface area contributed by atoms with E-state index in [4.69, 9.17) is 0 Å². The Morgan fingerprint density at radius 1 is 1.67 bits per heavy atom. The third kappa shape index (κ3) is 1.82. The minimum Gasteiger partial charge on any atom is -0.314 e. The van der Waals surface area contributed by atoms with Crippen molar-refractivity contribution in [1.82, 2.24) is 20.3 Å². The maximum absolute atomic E-state index is 3.87. The first kappa shape index (κ1) is 7.73. The van der Waals surface area contributed by atoms with Crippen molar-refractivity contribution in [1.29, 1.82) is 0 Å². The molecule has 1 aromatic heterocycles. The lowest BCUT2D eigenvalue weighted by Crippen LogP contribution is -2.20. The Labute approximate surface area is 72.0 Å². The molecule has 0 spiro atoms. The highest BCUT2D eigenvalue weighted by atomic mass is 15.4. The van der Waals surface area contributed by atoms with Crippen LogP contribution in [0.1, 0.15) is 18.5 Å². The van der Waals surface area contributed by atoms with E-state index in [1.807, 2.05) is 17.9 Å². The Balaban J connectivity index is 1.75. The third-order valence-corrected chi connectivity index (χ3v) is 2.20. The van der Waals surface area contributed by atoms with Crippen LogP contribution in [-0.4, -0.2) is 27.6 Å². The molecule has 12 heavy (non-hydrogen) atoms. The van der Waals surface area contributed by atoms with Gasteiger partial charge in [-0.2, -0.15) is 0 Å². The molecule has 4 heteroatoms. The Hall–Kier alpha value is -0.900. The molecule has 4 nitrogen and oxygen atoms in total. The van der Waals surface area contributed by atoms with Crippen molar-refractivity contribution in [3.8, 4) is 0 Å². The first-order valence-electron chi connectivity index (χ1n) is 4.43. The van der Waals surface area contributed by atoms with E-state index in [0.717, 1.165) is 19.0 Å². The summed E-state index contributed by atoms with van der Waals surface area (Å²) in [4.78, 5) is 0. The second-order valence-electron chi connectivity index (χ2n) is 3.33. The summed E-state index contributed by atoms with van der Waals surface area (Å²) in [5.74, 6) is 0. The number of rotatable bonds is 4. The van der Waals surface area contributed by atoms with Gasteiger partial charge < -0.3 is 5.32 Å². The van der Waals surface area contributed by atoms with Gasteiger partial charge in [0.15, 0.2) is 0 Å². The zero-order valence-corrected chi connectivity index (χ0v) is 7.32. The molecule has 0 aromatic carbocycles. The topological polar surface area (TPSA) is 42.7 Å². The summed E-state index contributed by atoms with van der Waals surface area (Å²) in [7, 11) is 1.93. The smallest absolute Gasteiger partial charge is 0.0725 e. The van der Waals surface area contributed by atoms with E-state index < -0.39 is 0 Å². The summed E-state index contributed by atoms with van der Waals surface area (Å²) in [5, 5.41) is 11.1. The van der Waals surface area contributed by atoms with E-state index in [1.54, 1.807) is 0 Å². The maximum Gasteiger partial charge on any atom is 0.0725 e. The minimum absolute atomic E-state index is 0.797. The van der Waals surface area contributed by atoms with Gasteiger partial charge in [-0.05, 0) is 12.8 Å². The van der Waals surface area contributed by atoms with Crippen molar-refractivity contribution < 1.29 is 0 Å². The Kier molecular flexibility index (Phi) is 2.08. The molecular formula is C8H14N4. The summed E-state index contributed by atoms with van der Waals surface area (Å²) in [6.07, 6.45) is 5.56. The van der Waals surface area contributed by atoms with Crippen molar-refractivity contribution in [2.45, 2.75) is 25.3 Å². The molecule has 1 N–H and O–H groups in total. The van der Waals surface area contributed by atoms with E-state index in [1.165, 1.54) is 18.5 Å². The molecule has 1 heterocycles. The lowest BCUT2D eigenvalue weighted by molar-refractivity contribution is 0.631. The van der Waals surface area contributed by atoms with E-state index in [0.29, 0.717) is 0 Å². The Bertz CT molecular complexity index is 251. The van der Waals surface area contributed by atoms with Crippen LogP contribution in [0.2, 0.25) is 0 Å². The first-order valence-corrected chi connectivity index (χ1v) is 4.43. The predicted octanol–water partition coefficient (Wildman–Crippen LogP) is 0.110. The monoisotopic (exact) mass is 166 g/mol. The molecule has 66 valence electrons. The molecular weight excluding hydrogens is 152 g/mol. The highest BCUT2D eigenvalue weighted by Crippen LogP contribution is 2.18. The van der Waals surface area contributed by atoms with Crippen LogP contribution in [0.5, 0.6) is 0 Å². The number of nitrogens with zero attached hydrogens (tertiary/aromatic N) is 3. The van der Waals surface area contributed by atoms with Crippen LogP contribution < -0.4 is 5.32 Å². The molecule has 1 aliphatic rings. The largest absolute Gasteiger partial charge is 0.314 e. The average Bonchev–Trinajstić information content (AvgIpc) is 2.78. The van der Waals surface area contributed by atoms with E-state index >= 15 is 0 Å². The fraction of sp³-hybridized carbons (Fsp3) is 0.750. The molecule has 1 aliphatic carbocycles. The molecule has 1 fully saturated rings. The van der Waals surface area contributed by atoms with Crippen LogP contribution in [0, 0.1) is 0 Å². The number of hydrogen-bond acceptors (Lipinski definition) is 3. The number of aromatic nitrogens is 3. The quantitative estimate of drug-likeness (QED) is 0.690. The summed E-state index contributed by atoms with van der Waals surface area (Å²) in [6, 6.07) is 0.797. The third-order valence-electron chi connectivity index (χ3n) is 2.20. The van der Waals surface area contributed by atoms with Crippen molar-refractivity contribution in [2.75, 3.05) is 6.54 Å². The molecule has 2 rings (SSSR count). The van der Waals surface area contributed by atoms with Crippen LogP contribution in [0.25, 0.3) is 0 Å². The predicted molar refractivity (Wildman–Crippen MR) is 45.7 cm³/mol. The van der Waals surface area contributed by atoms with Crippen LogP contribution in [-0.2, 0) is 13.5 Å². The molecule has 0 saturated heterocycles. The fourth-order valence-electron chi connectivity index (χ4n) is 1.23. The van der Waals surface area contributed by atoms with Crippen molar-refractivity contribution in [2.24, 2.45) is 7.05 Å². The SMILES string of the molecule is Cn1nncc1CCNC1CC1. The number of aryl methyl sites for hydroxylation is 1. The molecule has 0 amide bonds. The van der Waals surface area contributed by atoms with Gasteiger partial charge in [-0.1, -0.05) is 5.21 Å². The van der Waals surface area contributed by atoms with Crippen molar-refractivity contribution >= 4 is 0 Å². The highest BCUT2D eigenvalue weighted by molar-refractivity contribution is 4.94. The number of hydrogen-bond donors (Lipinski definition) is 1. The summed E-state index contributed by atoms with van der Waals surface area (Å²) in [5.41, 5.74) is 1.20. The number of nitrogens with one attached hydrogen (secondary N) is 1. The second kappa shape index (κ2) is 3.23. The maximum atomic E-state index is 3.87. The molecule has 1 aromatic rings. The van der Waals surface area contributed by atoms with Gasteiger partial charge in [0.1, 0.15) is 0 Å². The molecule has 0 atom stereocenters. The Morgan fingerprint density at radius 3 is 3.08 bits per heavy atom. The van der Waals surface area contributed by atoms with Crippen LogP contribution >= 0.6 is 0 Å².